The number of benzene rings is 1. The van der Waals surface area contributed by atoms with Gasteiger partial charge < -0.3 is 24.4 Å². The number of pyridine rings is 1. The van der Waals surface area contributed by atoms with Gasteiger partial charge in [0.25, 0.3) is 0 Å². The summed E-state index contributed by atoms with van der Waals surface area (Å²) in [6, 6.07) is 5.87. The fourth-order valence-corrected chi connectivity index (χ4v) is 3.54. The second-order valence-corrected chi connectivity index (χ2v) is 7.33. The summed E-state index contributed by atoms with van der Waals surface area (Å²) in [6.45, 7) is 5.94. The Morgan fingerprint density at radius 2 is 1.84 bits per heavy atom. The maximum Gasteiger partial charge on any atom is 0.451 e. The van der Waals surface area contributed by atoms with Crippen LogP contribution in [0.25, 0.3) is 10.9 Å². The third kappa shape index (κ3) is 3.39. The Balaban J connectivity index is 1.86. The molecule has 0 amide bonds. The van der Waals surface area contributed by atoms with Crippen LogP contribution in [0, 0.1) is 11.3 Å². The van der Waals surface area contributed by atoms with Gasteiger partial charge >= 0.3 is 7.12 Å². The molecule has 0 unspecified atom stereocenters. The van der Waals surface area contributed by atoms with Crippen LogP contribution in [0.15, 0.2) is 24.4 Å². The third-order valence-corrected chi connectivity index (χ3v) is 5.26. The van der Waals surface area contributed by atoms with Gasteiger partial charge in [-0.1, -0.05) is 13.8 Å². The molecule has 2 N–H and O–H groups in total. The quantitative estimate of drug-likeness (QED) is 0.783. The van der Waals surface area contributed by atoms with Crippen LogP contribution >= 0.6 is 0 Å². The highest BCUT2D eigenvalue weighted by Crippen LogP contribution is 2.42. The Hall–Kier alpha value is -1.99. The zero-order valence-corrected chi connectivity index (χ0v) is 15.2. The average Bonchev–Trinajstić information content (AvgIpc) is 2.50. The zero-order valence-electron chi connectivity index (χ0n) is 15.2. The van der Waals surface area contributed by atoms with Gasteiger partial charge in [0.1, 0.15) is 0 Å². The van der Waals surface area contributed by atoms with E-state index in [1.54, 1.807) is 20.4 Å². The largest absolute Gasteiger partial charge is 0.493 e. The van der Waals surface area contributed by atoms with Crippen molar-refractivity contribution < 1.29 is 19.5 Å². The molecule has 6 nitrogen and oxygen atoms in total. The van der Waals surface area contributed by atoms with E-state index < -0.39 is 7.12 Å². The highest BCUT2D eigenvalue weighted by atomic mass is 16.5. The topological polar surface area (TPSA) is 75.1 Å². The fraction of sp³-hybridized carbons (Fsp3) is 0.500. The van der Waals surface area contributed by atoms with Crippen molar-refractivity contribution in [2.45, 2.75) is 20.2 Å². The summed E-state index contributed by atoms with van der Waals surface area (Å²) in [4.78, 5) is 6.74. The molecule has 1 fully saturated rings. The summed E-state index contributed by atoms with van der Waals surface area (Å²) >= 11 is 0. The lowest BCUT2D eigenvalue weighted by molar-refractivity contribution is 0.182. The molecule has 0 radical (unpaired) electrons. The standard InChI is InChI=1S/C18H25BN2O4/c1-18(2,11-19(22)23)12-9-21(10-12)15-5-6-20-14-8-17(25-4)16(24-3)7-13(14)15/h5-8,12,22-23H,9-11H2,1-4H3. The maximum absolute atomic E-state index is 9.30. The van der Waals surface area contributed by atoms with Gasteiger partial charge in [0.05, 0.1) is 19.7 Å². The van der Waals surface area contributed by atoms with Crippen molar-refractivity contribution in [1.29, 1.82) is 0 Å². The number of nitrogens with zero attached hydrogens (tertiary/aromatic N) is 2. The van der Waals surface area contributed by atoms with E-state index in [-0.39, 0.29) is 5.41 Å². The van der Waals surface area contributed by atoms with Gasteiger partial charge in [-0.3, -0.25) is 4.98 Å². The number of aromatic nitrogens is 1. The molecule has 134 valence electrons. The molecule has 0 atom stereocenters. The summed E-state index contributed by atoms with van der Waals surface area (Å²) < 4.78 is 10.8. The summed E-state index contributed by atoms with van der Waals surface area (Å²) in [5.41, 5.74) is 1.86. The molecule has 0 bridgehead atoms. The van der Waals surface area contributed by atoms with E-state index in [0.29, 0.717) is 23.7 Å². The molecule has 1 aliphatic heterocycles. The predicted molar refractivity (Wildman–Crippen MR) is 99.3 cm³/mol. The lowest BCUT2D eigenvalue weighted by Gasteiger charge is -2.49. The Kier molecular flexibility index (Phi) is 4.80. The second-order valence-electron chi connectivity index (χ2n) is 7.33. The Labute approximate surface area is 148 Å². The number of anilines is 1. The molecule has 1 aromatic heterocycles. The summed E-state index contributed by atoms with van der Waals surface area (Å²) in [7, 11) is 1.98. The average molecular weight is 344 g/mol. The van der Waals surface area contributed by atoms with Crippen molar-refractivity contribution in [3.05, 3.63) is 24.4 Å². The van der Waals surface area contributed by atoms with Crippen molar-refractivity contribution >= 4 is 23.7 Å². The number of ether oxygens (including phenoxy) is 2. The van der Waals surface area contributed by atoms with Crippen LogP contribution < -0.4 is 14.4 Å². The first-order chi connectivity index (χ1) is 11.9. The number of methoxy groups -OCH3 is 2. The van der Waals surface area contributed by atoms with E-state index in [9.17, 15) is 10.0 Å². The molecule has 0 saturated carbocycles. The molecular weight excluding hydrogens is 319 g/mol. The van der Waals surface area contributed by atoms with Crippen LogP contribution in [-0.2, 0) is 0 Å². The van der Waals surface area contributed by atoms with Gasteiger partial charge in [0.15, 0.2) is 11.5 Å². The monoisotopic (exact) mass is 344 g/mol. The van der Waals surface area contributed by atoms with Crippen LogP contribution in [0.1, 0.15) is 13.8 Å². The van der Waals surface area contributed by atoms with E-state index in [2.05, 4.69) is 23.7 Å². The van der Waals surface area contributed by atoms with Crippen molar-refractivity contribution in [3.8, 4) is 11.5 Å². The summed E-state index contributed by atoms with van der Waals surface area (Å²) in [6.07, 6.45) is 2.19. The molecule has 2 heterocycles. The van der Waals surface area contributed by atoms with Crippen LogP contribution in [0.4, 0.5) is 5.69 Å². The first kappa shape index (κ1) is 17.8. The normalized spacial score (nSPS) is 15.2. The van der Waals surface area contributed by atoms with Crippen LogP contribution in [0.5, 0.6) is 11.5 Å². The SMILES string of the molecule is COc1cc2nccc(N3CC(C(C)(C)CB(O)O)C3)c2cc1OC. The van der Waals surface area contributed by atoms with Crippen molar-refractivity contribution in [1.82, 2.24) is 4.98 Å². The van der Waals surface area contributed by atoms with Gasteiger partial charge in [0, 0.05) is 36.4 Å². The lowest BCUT2D eigenvalue weighted by atomic mass is 9.62. The summed E-state index contributed by atoms with van der Waals surface area (Å²) in [5, 5.41) is 19.6. The minimum atomic E-state index is -1.26. The molecule has 1 aromatic carbocycles. The van der Waals surface area contributed by atoms with Gasteiger partial charge in [0.2, 0.25) is 0 Å². The van der Waals surface area contributed by atoms with E-state index in [4.69, 9.17) is 9.47 Å². The van der Waals surface area contributed by atoms with Crippen LogP contribution in [0.3, 0.4) is 0 Å². The minimum Gasteiger partial charge on any atom is -0.493 e. The maximum atomic E-state index is 9.30. The van der Waals surface area contributed by atoms with Gasteiger partial charge in [-0.15, -0.1) is 0 Å². The Bertz CT molecular complexity index is 760. The molecule has 0 spiro atoms. The minimum absolute atomic E-state index is 0.117. The highest BCUT2D eigenvalue weighted by molar-refractivity contribution is 6.41. The number of fused-ring (bicyclic) bond motifs is 1. The smallest absolute Gasteiger partial charge is 0.451 e. The molecule has 2 aromatic rings. The van der Waals surface area contributed by atoms with Gasteiger partial charge in [-0.25, -0.2) is 0 Å². The van der Waals surface area contributed by atoms with Crippen LogP contribution in [0.2, 0.25) is 6.32 Å². The van der Waals surface area contributed by atoms with Gasteiger partial charge in [-0.05, 0) is 29.8 Å². The number of rotatable bonds is 6. The lowest BCUT2D eigenvalue weighted by Crippen LogP contribution is -2.53. The molecule has 25 heavy (non-hydrogen) atoms. The Morgan fingerprint density at radius 3 is 2.44 bits per heavy atom. The van der Waals surface area contributed by atoms with E-state index in [1.807, 2.05) is 18.2 Å². The molecule has 1 aliphatic rings. The zero-order chi connectivity index (χ0) is 18.2. The van der Waals surface area contributed by atoms with Crippen molar-refractivity contribution in [3.63, 3.8) is 0 Å². The van der Waals surface area contributed by atoms with E-state index in [0.717, 1.165) is 29.7 Å². The second kappa shape index (κ2) is 6.73. The molecule has 3 rings (SSSR count). The third-order valence-electron chi connectivity index (χ3n) is 5.26. The molecular formula is C18H25BN2O4. The van der Waals surface area contributed by atoms with Crippen molar-refractivity contribution in [2.75, 3.05) is 32.2 Å². The molecule has 0 aliphatic carbocycles. The van der Waals surface area contributed by atoms with E-state index >= 15 is 0 Å². The predicted octanol–water partition coefficient (Wildman–Crippen LogP) is 2.19. The van der Waals surface area contributed by atoms with Gasteiger partial charge in [-0.2, -0.15) is 0 Å². The van der Waals surface area contributed by atoms with Crippen LogP contribution in [-0.4, -0.2) is 49.5 Å². The fourth-order valence-electron chi connectivity index (χ4n) is 3.54. The molecule has 7 heteroatoms. The summed E-state index contributed by atoms with van der Waals surface area (Å²) in [5.74, 6) is 1.77. The van der Waals surface area contributed by atoms with Crippen molar-refractivity contribution in [2.24, 2.45) is 11.3 Å². The first-order valence-corrected chi connectivity index (χ1v) is 8.47. The highest BCUT2D eigenvalue weighted by Gasteiger charge is 2.41. The first-order valence-electron chi connectivity index (χ1n) is 8.47. The Morgan fingerprint density at radius 1 is 1.20 bits per heavy atom. The number of hydrogen-bond donors (Lipinski definition) is 2. The van der Waals surface area contributed by atoms with E-state index in [1.165, 1.54) is 0 Å². The number of hydrogen-bond acceptors (Lipinski definition) is 6. The molecule has 1 saturated heterocycles.